The van der Waals surface area contributed by atoms with E-state index in [-0.39, 0.29) is 5.54 Å². The molecule has 1 aliphatic rings. The summed E-state index contributed by atoms with van der Waals surface area (Å²) in [5, 5.41) is 4.03. The Balaban J connectivity index is 1.55. The lowest BCUT2D eigenvalue weighted by molar-refractivity contribution is 0.290. The molecule has 2 aromatic rings. The third kappa shape index (κ3) is 2.82. The fourth-order valence-corrected chi connectivity index (χ4v) is 2.56. The van der Waals surface area contributed by atoms with Crippen molar-refractivity contribution in [2.75, 3.05) is 6.61 Å². The van der Waals surface area contributed by atoms with Gasteiger partial charge in [0.25, 0.3) is 0 Å². The fourth-order valence-electron chi connectivity index (χ4n) is 2.56. The lowest BCUT2D eigenvalue weighted by atomic mass is 9.99. The quantitative estimate of drug-likeness (QED) is 0.905. The van der Waals surface area contributed by atoms with Crippen LogP contribution in [0.15, 0.2) is 34.9 Å². The molecule has 1 heterocycles. The van der Waals surface area contributed by atoms with Crippen LogP contribution in [0.1, 0.15) is 37.4 Å². The molecule has 0 aliphatic heterocycles. The molecule has 20 heavy (non-hydrogen) atoms. The summed E-state index contributed by atoms with van der Waals surface area (Å²) in [7, 11) is 0. The molecule has 0 spiro atoms. The van der Waals surface area contributed by atoms with Crippen molar-refractivity contribution in [1.29, 1.82) is 0 Å². The van der Waals surface area contributed by atoms with Crippen molar-refractivity contribution in [3.63, 3.8) is 0 Å². The molecule has 3 rings (SSSR count). The number of benzene rings is 1. The molecular weight excluding hydrogens is 254 g/mol. The number of aromatic nitrogens is 2. The van der Waals surface area contributed by atoms with Gasteiger partial charge in [-0.05, 0) is 25.0 Å². The number of nitrogens with two attached hydrogens (primary N) is 1. The number of hydrogen-bond acceptors (Lipinski definition) is 5. The average molecular weight is 273 g/mol. The third-order valence-electron chi connectivity index (χ3n) is 3.74. The predicted octanol–water partition coefficient (Wildman–Crippen LogP) is 2.42. The second kappa shape index (κ2) is 5.63. The van der Waals surface area contributed by atoms with Gasteiger partial charge in [0.15, 0.2) is 5.82 Å². The van der Waals surface area contributed by atoms with Crippen molar-refractivity contribution in [3.05, 3.63) is 42.0 Å². The maximum absolute atomic E-state index is 6.30. The van der Waals surface area contributed by atoms with E-state index in [0.717, 1.165) is 31.4 Å². The van der Waals surface area contributed by atoms with Crippen LogP contribution in [0.4, 0.5) is 0 Å². The van der Waals surface area contributed by atoms with Crippen LogP contribution in [0.5, 0.6) is 5.75 Å². The van der Waals surface area contributed by atoms with E-state index in [1.165, 1.54) is 0 Å². The fraction of sp³-hybridized carbons (Fsp3) is 0.467. The number of para-hydroxylation sites is 1. The van der Waals surface area contributed by atoms with Crippen LogP contribution in [0.3, 0.4) is 0 Å². The number of hydrogen-bond donors (Lipinski definition) is 1. The van der Waals surface area contributed by atoms with Gasteiger partial charge in [-0.2, -0.15) is 4.98 Å². The largest absolute Gasteiger partial charge is 0.493 e. The highest BCUT2D eigenvalue weighted by atomic mass is 16.5. The van der Waals surface area contributed by atoms with Crippen molar-refractivity contribution in [3.8, 4) is 5.75 Å². The lowest BCUT2D eigenvalue weighted by Gasteiger charge is -2.17. The Morgan fingerprint density at radius 2 is 1.95 bits per heavy atom. The minimum Gasteiger partial charge on any atom is -0.493 e. The highest BCUT2D eigenvalue weighted by Gasteiger charge is 2.35. The van der Waals surface area contributed by atoms with E-state index < -0.39 is 0 Å². The van der Waals surface area contributed by atoms with E-state index in [2.05, 4.69) is 10.1 Å². The van der Waals surface area contributed by atoms with Gasteiger partial charge in [-0.15, -0.1) is 0 Å². The SMILES string of the molecule is NC1(c2noc(CCOc3ccccc3)n2)CCCC1. The first kappa shape index (κ1) is 13.1. The van der Waals surface area contributed by atoms with E-state index in [1.807, 2.05) is 30.3 Å². The van der Waals surface area contributed by atoms with E-state index in [0.29, 0.717) is 24.7 Å². The summed E-state index contributed by atoms with van der Waals surface area (Å²) >= 11 is 0. The van der Waals surface area contributed by atoms with Crippen molar-refractivity contribution in [1.82, 2.24) is 10.1 Å². The van der Waals surface area contributed by atoms with E-state index in [1.54, 1.807) is 0 Å². The number of rotatable bonds is 5. The monoisotopic (exact) mass is 273 g/mol. The molecule has 0 saturated heterocycles. The Morgan fingerprint density at radius 3 is 2.70 bits per heavy atom. The summed E-state index contributed by atoms with van der Waals surface area (Å²) in [5.41, 5.74) is 5.91. The summed E-state index contributed by atoms with van der Waals surface area (Å²) in [6, 6.07) is 9.69. The summed E-state index contributed by atoms with van der Waals surface area (Å²) in [4.78, 5) is 4.41. The predicted molar refractivity (Wildman–Crippen MR) is 74.3 cm³/mol. The summed E-state index contributed by atoms with van der Waals surface area (Å²) in [6.45, 7) is 0.517. The molecule has 0 bridgehead atoms. The molecule has 1 aliphatic carbocycles. The summed E-state index contributed by atoms with van der Waals surface area (Å²) in [6.07, 6.45) is 4.74. The van der Waals surface area contributed by atoms with Crippen molar-refractivity contribution >= 4 is 0 Å². The maximum Gasteiger partial charge on any atom is 0.230 e. The van der Waals surface area contributed by atoms with Gasteiger partial charge in [-0.3, -0.25) is 0 Å². The van der Waals surface area contributed by atoms with Gasteiger partial charge in [0.2, 0.25) is 5.89 Å². The molecule has 1 saturated carbocycles. The van der Waals surface area contributed by atoms with Crippen molar-refractivity contribution < 1.29 is 9.26 Å². The first-order valence-electron chi connectivity index (χ1n) is 7.06. The molecule has 1 aromatic heterocycles. The van der Waals surface area contributed by atoms with Gasteiger partial charge in [-0.1, -0.05) is 36.2 Å². The van der Waals surface area contributed by atoms with Crippen LogP contribution in [0.25, 0.3) is 0 Å². The minimum atomic E-state index is -0.387. The standard InChI is InChI=1S/C15H19N3O2/c16-15(9-4-5-10-15)14-17-13(20-18-14)8-11-19-12-6-2-1-3-7-12/h1-3,6-7H,4-5,8-11,16H2. The molecule has 0 amide bonds. The van der Waals surface area contributed by atoms with Gasteiger partial charge in [0, 0.05) is 0 Å². The highest BCUT2D eigenvalue weighted by Crippen LogP contribution is 2.34. The molecule has 0 atom stereocenters. The van der Waals surface area contributed by atoms with Crippen LogP contribution in [0.2, 0.25) is 0 Å². The molecule has 0 unspecified atom stereocenters. The molecule has 2 N–H and O–H groups in total. The van der Waals surface area contributed by atoms with Crippen LogP contribution >= 0.6 is 0 Å². The first-order chi connectivity index (χ1) is 9.76. The second-order valence-corrected chi connectivity index (χ2v) is 5.29. The smallest absolute Gasteiger partial charge is 0.230 e. The minimum absolute atomic E-state index is 0.387. The van der Waals surface area contributed by atoms with Gasteiger partial charge >= 0.3 is 0 Å². The third-order valence-corrected chi connectivity index (χ3v) is 3.74. The molecule has 106 valence electrons. The topological polar surface area (TPSA) is 74.2 Å². The molecule has 0 radical (unpaired) electrons. The molecule has 1 aromatic carbocycles. The molecule has 1 fully saturated rings. The van der Waals surface area contributed by atoms with E-state index >= 15 is 0 Å². The second-order valence-electron chi connectivity index (χ2n) is 5.29. The van der Waals surface area contributed by atoms with Crippen LogP contribution in [-0.2, 0) is 12.0 Å². The Labute approximate surface area is 118 Å². The number of nitrogens with zero attached hydrogens (tertiary/aromatic N) is 2. The highest BCUT2D eigenvalue weighted by molar-refractivity contribution is 5.20. The zero-order valence-electron chi connectivity index (χ0n) is 11.4. The molecule has 5 nitrogen and oxygen atoms in total. The Kier molecular flexibility index (Phi) is 3.69. The average Bonchev–Trinajstić information content (AvgIpc) is 3.10. The normalized spacial score (nSPS) is 17.2. The molecular formula is C15H19N3O2. The number of ether oxygens (including phenoxy) is 1. The van der Waals surface area contributed by atoms with Gasteiger partial charge in [0.05, 0.1) is 18.6 Å². The Morgan fingerprint density at radius 1 is 1.20 bits per heavy atom. The van der Waals surface area contributed by atoms with Gasteiger partial charge < -0.3 is 15.0 Å². The Hall–Kier alpha value is -1.88. The molecule has 5 heteroatoms. The van der Waals surface area contributed by atoms with Crippen LogP contribution < -0.4 is 10.5 Å². The van der Waals surface area contributed by atoms with Crippen molar-refractivity contribution in [2.24, 2.45) is 5.73 Å². The zero-order valence-corrected chi connectivity index (χ0v) is 11.4. The Bertz CT molecular complexity index is 547. The van der Waals surface area contributed by atoms with Crippen molar-refractivity contribution in [2.45, 2.75) is 37.6 Å². The summed E-state index contributed by atoms with van der Waals surface area (Å²) < 4.78 is 10.9. The summed E-state index contributed by atoms with van der Waals surface area (Å²) in [5.74, 6) is 2.08. The maximum atomic E-state index is 6.30. The van der Waals surface area contributed by atoms with Crippen LogP contribution in [0, 0.1) is 0 Å². The van der Waals surface area contributed by atoms with E-state index in [4.69, 9.17) is 15.0 Å². The van der Waals surface area contributed by atoms with E-state index in [9.17, 15) is 0 Å². The van der Waals surface area contributed by atoms with Gasteiger partial charge in [-0.25, -0.2) is 0 Å². The van der Waals surface area contributed by atoms with Crippen LogP contribution in [-0.4, -0.2) is 16.7 Å². The zero-order chi connectivity index (χ0) is 13.8. The lowest BCUT2D eigenvalue weighted by Crippen LogP contribution is -2.34. The van der Waals surface area contributed by atoms with Gasteiger partial charge in [0.1, 0.15) is 5.75 Å². The first-order valence-corrected chi connectivity index (χ1v) is 7.06.